The van der Waals surface area contributed by atoms with Crippen LogP contribution < -0.4 is 16.1 Å². The summed E-state index contributed by atoms with van der Waals surface area (Å²) in [5.74, 6) is -1.90. The summed E-state index contributed by atoms with van der Waals surface area (Å²) in [7, 11) is 0. The third-order valence-electron chi connectivity index (χ3n) is 4.41. The molecule has 27 heavy (non-hydrogen) atoms. The van der Waals surface area contributed by atoms with E-state index in [2.05, 4.69) is 4.98 Å². The zero-order valence-electron chi connectivity index (χ0n) is 14.0. The molecule has 3 aromatic rings. The molecule has 1 unspecified atom stereocenters. The molecule has 0 saturated carbocycles. The van der Waals surface area contributed by atoms with Crippen LogP contribution in [0.15, 0.2) is 34.6 Å². The van der Waals surface area contributed by atoms with Crippen LogP contribution in [0.3, 0.4) is 0 Å². The number of aromatic nitrogens is 2. The third-order valence-corrected chi connectivity index (χ3v) is 5.28. The molecule has 0 bridgehead atoms. The molecule has 3 aromatic heterocycles. The van der Waals surface area contributed by atoms with Crippen molar-refractivity contribution < 1.29 is 14.3 Å². The average molecular weight is 411 g/mol. The lowest BCUT2D eigenvalue weighted by Gasteiger charge is -2.19. The summed E-state index contributed by atoms with van der Waals surface area (Å²) < 4.78 is 16.2. The minimum atomic E-state index is -1.36. The van der Waals surface area contributed by atoms with Crippen LogP contribution >= 0.6 is 23.7 Å². The number of nitrogens with zero attached hydrogens (tertiary/aromatic N) is 3. The number of halogens is 2. The van der Waals surface area contributed by atoms with Gasteiger partial charge in [-0.1, -0.05) is 0 Å². The van der Waals surface area contributed by atoms with Gasteiger partial charge in [-0.3, -0.25) is 9.36 Å². The van der Waals surface area contributed by atoms with Crippen molar-refractivity contribution in [1.82, 2.24) is 9.55 Å². The van der Waals surface area contributed by atoms with Gasteiger partial charge in [-0.25, -0.2) is 14.2 Å². The highest BCUT2D eigenvalue weighted by atomic mass is 35.5. The number of rotatable bonds is 3. The second kappa shape index (κ2) is 7.26. The molecule has 1 aliphatic heterocycles. The van der Waals surface area contributed by atoms with Gasteiger partial charge in [0.25, 0.3) is 0 Å². The van der Waals surface area contributed by atoms with Crippen molar-refractivity contribution in [3.63, 3.8) is 0 Å². The molecule has 142 valence electrons. The van der Waals surface area contributed by atoms with E-state index >= 15 is 0 Å². The van der Waals surface area contributed by atoms with E-state index in [-0.39, 0.29) is 35.3 Å². The molecule has 7 nitrogen and oxygen atoms in total. The van der Waals surface area contributed by atoms with Crippen LogP contribution in [0.5, 0.6) is 0 Å². The Kier molecular flexibility index (Phi) is 5.18. The third kappa shape index (κ3) is 3.29. The minimum Gasteiger partial charge on any atom is -0.477 e. The topological polar surface area (TPSA) is 101 Å². The van der Waals surface area contributed by atoms with Gasteiger partial charge in [-0.2, -0.15) is 0 Å². The Bertz CT molecular complexity index is 1070. The molecular formula is C17H16ClFN4O3S. The fraction of sp³-hybridized carbons (Fsp3) is 0.235. The molecule has 0 aromatic carbocycles. The van der Waals surface area contributed by atoms with Gasteiger partial charge in [-0.15, -0.1) is 23.7 Å². The zero-order valence-corrected chi connectivity index (χ0v) is 15.6. The highest BCUT2D eigenvalue weighted by molar-refractivity contribution is 7.12. The Balaban J connectivity index is 0.00000210. The van der Waals surface area contributed by atoms with Gasteiger partial charge in [0.15, 0.2) is 17.3 Å². The van der Waals surface area contributed by atoms with Gasteiger partial charge in [0, 0.05) is 25.3 Å². The number of hydrogen-bond donors (Lipinski definition) is 2. The maximum absolute atomic E-state index is 14.6. The summed E-state index contributed by atoms with van der Waals surface area (Å²) in [5.41, 5.74) is 4.94. The molecule has 4 rings (SSSR count). The lowest BCUT2D eigenvalue weighted by Crippen LogP contribution is -2.28. The number of hydrogen-bond acceptors (Lipinski definition) is 6. The highest BCUT2D eigenvalue weighted by Gasteiger charge is 2.25. The molecule has 0 spiro atoms. The van der Waals surface area contributed by atoms with Crippen LogP contribution in [0.2, 0.25) is 0 Å². The lowest BCUT2D eigenvalue weighted by molar-refractivity contribution is 0.0695. The quantitative estimate of drug-likeness (QED) is 0.686. The van der Waals surface area contributed by atoms with E-state index in [1.54, 1.807) is 17.0 Å². The van der Waals surface area contributed by atoms with Gasteiger partial charge >= 0.3 is 5.97 Å². The van der Waals surface area contributed by atoms with Crippen molar-refractivity contribution in [1.29, 1.82) is 0 Å². The summed E-state index contributed by atoms with van der Waals surface area (Å²) in [5, 5.41) is 11.8. The molecular weight excluding hydrogens is 395 g/mol. The molecule has 4 heterocycles. The first-order chi connectivity index (χ1) is 12.5. The van der Waals surface area contributed by atoms with Crippen molar-refractivity contribution in [2.24, 2.45) is 5.73 Å². The molecule has 1 aliphatic rings. The summed E-state index contributed by atoms with van der Waals surface area (Å²) in [4.78, 5) is 30.1. The van der Waals surface area contributed by atoms with Crippen LogP contribution in [-0.4, -0.2) is 39.8 Å². The second-order valence-corrected chi connectivity index (χ2v) is 7.08. The molecule has 0 aliphatic carbocycles. The van der Waals surface area contributed by atoms with Gasteiger partial charge in [0.2, 0.25) is 5.43 Å². The first-order valence-electron chi connectivity index (χ1n) is 7.99. The Morgan fingerprint density at radius 1 is 1.44 bits per heavy atom. The van der Waals surface area contributed by atoms with Gasteiger partial charge in [0.1, 0.15) is 10.6 Å². The van der Waals surface area contributed by atoms with E-state index in [1.165, 1.54) is 22.1 Å². The number of pyridine rings is 2. The number of thiophene rings is 1. The predicted molar refractivity (Wildman–Crippen MR) is 104 cm³/mol. The predicted octanol–water partition coefficient (Wildman–Crippen LogP) is 2.24. The second-order valence-electron chi connectivity index (χ2n) is 6.16. The number of anilines is 1. The van der Waals surface area contributed by atoms with E-state index < -0.39 is 22.8 Å². The minimum absolute atomic E-state index is 0. The number of carbonyl (C=O) groups is 1. The fourth-order valence-electron chi connectivity index (χ4n) is 3.14. The number of fused-ring (bicyclic) bond motifs is 1. The summed E-state index contributed by atoms with van der Waals surface area (Å²) in [6.45, 7) is 1.05. The summed E-state index contributed by atoms with van der Waals surface area (Å²) >= 11 is 1.36. The van der Waals surface area contributed by atoms with Crippen LogP contribution in [0, 0.1) is 5.82 Å². The number of carboxylic acid groups (broad SMARTS) is 1. The maximum atomic E-state index is 14.6. The Hall–Kier alpha value is -2.49. The van der Waals surface area contributed by atoms with Gasteiger partial charge < -0.3 is 15.7 Å². The smallest absolute Gasteiger partial charge is 0.341 e. The summed E-state index contributed by atoms with van der Waals surface area (Å²) in [6.07, 6.45) is 1.97. The molecule has 10 heteroatoms. The molecule has 1 atom stereocenters. The van der Waals surface area contributed by atoms with Crippen molar-refractivity contribution in [2.45, 2.75) is 12.5 Å². The molecule has 1 saturated heterocycles. The molecule has 0 radical (unpaired) electrons. The first kappa shape index (κ1) is 19.3. The van der Waals surface area contributed by atoms with Crippen molar-refractivity contribution in [3.05, 3.63) is 51.4 Å². The molecule has 3 N–H and O–H groups in total. The largest absolute Gasteiger partial charge is 0.477 e. The number of nitrogens with two attached hydrogens (primary N) is 1. The van der Waals surface area contributed by atoms with Crippen molar-refractivity contribution >= 4 is 46.6 Å². The van der Waals surface area contributed by atoms with E-state index in [4.69, 9.17) is 5.73 Å². The average Bonchev–Trinajstić information content (AvgIpc) is 3.26. The SMILES string of the molecule is Cl.NC1CCN(c2nc3c(cc2F)c(=O)c(C(=O)O)cn3-c2cccs2)C1. The lowest BCUT2D eigenvalue weighted by atomic mass is 10.2. The van der Waals surface area contributed by atoms with Gasteiger partial charge in [0.05, 0.1) is 5.39 Å². The molecule has 1 fully saturated rings. The van der Waals surface area contributed by atoms with Crippen LogP contribution in [-0.2, 0) is 0 Å². The van der Waals surface area contributed by atoms with Crippen molar-refractivity contribution in [3.8, 4) is 5.00 Å². The Labute approximate surface area is 163 Å². The highest BCUT2D eigenvalue weighted by Crippen LogP contribution is 2.26. The monoisotopic (exact) mass is 410 g/mol. The Morgan fingerprint density at radius 2 is 2.22 bits per heavy atom. The Morgan fingerprint density at radius 3 is 2.81 bits per heavy atom. The van der Waals surface area contributed by atoms with E-state index in [0.29, 0.717) is 18.1 Å². The van der Waals surface area contributed by atoms with Crippen LogP contribution in [0.4, 0.5) is 10.2 Å². The normalized spacial score (nSPS) is 16.5. The van der Waals surface area contributed by atoms with Crippen LogP contribution in [0.1, 0.15) is 16.8 Å². The zero-order chi connectivity index (χ0) is 18.4. The van der Waals surface area contributed by atoms with E-state index in [0.717, 1.165) is 12.5 Å². The summed E-state index contributed by atoms with van der Waals surface area (Å²) in [6, 6.07) is 4.59. The van der Waals surface area contributed by atoms with E-state index in [9.17, 15) is 19.1 Å². The fourth-order valence-corrected chi connectivity index (χ4v) is 3.85. The standard InChI is InChI=1S/C17H15FN4O3S.ClH/c18-12-6-10-14(23)11(17(24)25)8-22(13-2-1-5-26-13)15(10)20-16(12)21-4-3-9(19)7-21;/h1-2,5-6,8-9H,3-4,7,19H2,(H,24,25);1H. The van der Waals surface area contributed by atoms with Crippen LogP contribution in [0.25, 0.3) is 16.0 Å². The van der Waals surface area contributed by atoms with Crippen molar-refractivity contribution in [2.75, 3.05) is 18.0 Å². The molecule has 0 amide bonds. The van der Waals surface area contributed by atoms with Gasteiger partial charge in [-0.05, 0) is 30.0 Å². The first-order valence-corrected chi connectivity index (χ1v) is 8.87. The number of aromatic carboxylic acids is 1. The maximum Gasteiger partial charge on any atom is 0.341 e. The number of carboxylic acids is 1. The van der Waals surface area contributed by atoms with E-state index in [1.807, 2.05) is 5.38 Å².